The number of ether oxygens (including phenoxy) is 1. The van der Waals surface area contributed by atoms with Gasteiger partial charge in [0.2, 0.25) is 0 Å². The summed E-state index contributed by atoms with van der Waals surface area (Å²) in [6, 6.07) is 14.1. The quantitative estimate of drug-likeness (QED) is 0.389. The molecule has 1 aliphatic rings. The third-order valence-electron chi connectivity index (χ3n) is 6.49. The highest BCUT2D eigenvalue weighted by Crippen LogP contribution is 2.28. The van der Waals surface area contributed by atoms with Crippen molar-refractivity contribution in [3.63, 3.8) is 0 Å². The van der Waals surface area contributed by atoms with Gasteiger partial charge in [0.15, 0.2) is 0 Å². The molecular formula is C27H32ClFN4O2. The van der Waals surface area contributed by atoms with Crippen LogP contribution in [0.3, 0.4) is 0 Å². The van der Waals surface area contributed by atoms with Crippen LogP contribution in [0.5, 0.6) is 0 Å². The van der Waals surface area contributed by atoms with Crippen molar-refractivity contribution in [2.45, 2.75) is 33.1 Å². The smallest absolute Gasteiger partial charge is 0.292 e. The Kier molecular flexibility index (Phi) is 8.42. The van der Waals surface area contributed by atoms with Crippen LogP contribution >= 0.6 is 11.6 Å². The van der Waals surface area contributed by atoms with Crippen LogP contribution in [-0.2, 0) is 4.74 Å². The predicted molar refractivity (Wildman–Crippen MR) is 140 cm³/mol. The molecule has 1 aromatic heterocycles. The molecule has 2 heterocycles. The maximum absolute atomic E-state index is 13.5. The normalized spacial score (nSPS) is 16.6. The Morgan fingerprint density at radius 1 is 1.20 bits per heavy atom. The standard InChI is InChI=1S/C27H32ClFN4O2/c1-3-19(2)17-32(22-8-6-21(29)7-9-22)23-10-12-24(13-11-23)33-27(34)26(28)25(16-31-33)30-15-20-5-4-14-35-18-20/h6-13,16,19-20,30H,3-5,14-15,17-18H2,1-2H3/t19?,20-/m0/s1. The summed E-state index contributed by atoms with van der Waals surface area (Å²) in [6.45, 7) is 7.35. The highest BCUT2D eigenvalue weighted by molar-refractivity contribution is 6.32. The molecule has 35 heavy (non-hydrogen) atoms. The number of benzene rings is 2. The van der Waals surface area contributed by atoms with E-state index in [1.807, 2.05) is 24.3 Å². The number of hydrogen-bond donors (Lipinski definition) is 1. The summed E-state index contributed by atoms with van der Waals surface area (Å²) in [5.41, 5.74) is 2.64. The van der Waals surface area contributed by atoms with E-state index in [4.69, 9.17) is 16.3 Å². The van der Waals surface area contributed by atoms with Crippen LogP contribution in [0.2, 0.25) is 5.02 Å². The van der Waals surface area contributed by atoms with Gasteiger partial charge in [-0.3, -0.25) is 4.79 Å². The fourth-order valence-electron chi connectivity index (χ4n) is 4.16. The predicted octanol–water partition coefficient (Wildman–Crippen LogP) is 6.05. The Morgan fingerprint density at radius 2 is 1.89 bits per heavy atom. The summed E-state index contributed by atoms with van der Waals surface area (Å²) in [4.78, 5) is 15.1. The Morgan fingerprint density at radius 3 is 2.51 bits per heavy atom. The van der Waals surface area contributed by atoms with Crippen LogP contribution in [0.1, 0.15) is 33.1 Å². The molecule has 0 saturated carbocycles. The molecule has 2 aromatic carbocycles. The van der Waals surface area contributed by atoms with Crippen molar-refractivity contribution in [2.75, 3.05) is 36.5 Å². The van der Waals surface area contributed by atoms with Crippen molar-refractivity contribution in [1.29, 1.82) is 0 Å². The van der Waals surface area contributed by atoms with Crippen molar-refractivity contribution in [3.8, 4) is 5.69 Å². The molecule has 0 spiro atoms. The highest BCUT2D eigenvalue weighted by Gasteiger charge is 2.17. The second-order valence-corrected chi connectivity index (χ2v) is 9.55. The summed E-state index contributed by atoms with van der Waals surface area (Å²) in [5, 5.41) is 7.71. The van der Waals surface area contributed by atoms with Crippen molar-refractivity contribution in [3.05, 3.63) is 75.9 Å². The minimum Gasteiger partial charge on any atom is -0.382 e. The molecule has 186 valence electrons. The molecule has 1 saturated heterocycles. The molecule has 1 N–H and O–H groups in total. The summed E-state index contributed by atoms with van der Waals surface area (Å²) in [6.07, 6.45) is 4.76. The lowest BCUT2D eigenvalue weighted by molar-refractivity contribution is 0.0595. The third-order valence-corrected chi connectivity index (χ3v) is 6.86. The Labute approximate surface area is 210 Å². The number of rotatable bonds is 9. The first-order valence-electron chi connectivity index (χ1n) is 12.2. The van der Waals surface area contributed by atoms with Gasteiger partial charge in [0.05, 0.1) is 24.2 Å². The Balaban J connectivity index is 1.54. The van der Waals surface area contributed by atoms with E-state index in [1.165, 1.54) is 16.8 Å². The lowest BCUT2D eigenvalue weighted by Crippen LogP contribution is -2.27. The zero-order valence-electron chi connectivity index (χ0n) is 20.2. The van der Waals surface area contributed by atoms with E-state index < -0.39 is 0 Å². The molecule has 0 amide bonds. The van der Waals surface area contributed by atoms with E-state index in [0.29, 0.717) is 36.4 Å². The van der Waals surface area contributed by atoms with Gasteiger partial charge in [-0.05, 0) is 73.2 Å². The molecule has 3 aromatic rings. The molecule has 0 radical (unpaired) electrons. The number of nitrogens with zero attached hydrogens (tertiary/aromatic N) is 3. The van der Waals surface area contributed by atoms with Crippen LogP contribution in [-0.4, -0.2) is 36.1 Å². The summed E-state index contributed by atoms with van der Waals surface area (Å²) in [7, 11) is 0. The highest BCUT2D eigenvalue weighted by atomic mass is 35.5. The average Bonchev–Trinajstić information content (AvgIpc) is 2.89. The fraction of sp³-hybridized carbons (Fsp3) is 0.407. The molecule has 2 atom stereocenters. The van der Waals surface area contributed by atoms with E-state index in [1.54, 1.807) is 18.3 Å². The number of anilines is 3. The Bertz CT molecular complexity index is 1160. The van der Waals surface area contributed by atoms with Gasteiger partial charge < -0.3 is 15.0 Å². The largest absolute Gasteiger partial charge is 0.382 e. The molecule has 0 bridgehead atoms. The third kappa shape index (κ3) is 6.21. The SMILES string of the molecule is CCC(C)CN(c1ccc(F)cc1)c1ccc(-n2ncc(NC[C@@H]3CCCOC3)c(Cl)c2=O)cc1. The van der Waals surface area contributed by atoms with Crippen LogP contribution < -0.4 is 15.8 Å². The van der Waals surface area contributed by atoms with Gasteiger partial charge in [0.25, 0.3) is 5.56 Å². The van der Waals surface area contributed by atoms with Crippen molar-refractivity contribution in [2.24, 2.45) is 11.8 Å². The molecule has 4 rings (SSSR count). The molecule has 0 aliphatic carbocycles. The van der Waals surface area contributed by atoms with Crippen LogP contribution in [0.4, 0.5) is 21.5 Å². The maximum atomic E-state index is 13.5. The zero-order valence-corrected chi connectivity index (χ0v) is 21.0. The monoisotopic (exact) mass is 498 g/mol. The number of halogens is 2. The first-order chi connectivity index (χ1) is 17.0. The minimum atomic E-state index is -0.376. The minimum absolute atomic E-state index is 0.116. The number of hydrogen-bond acceptors (Lipinski definition) is 5. The van der Waals surface area contributed by atoms with Crippen molar-refractivity contribution >= 4 is 28.7 Å². The Hall–Kier alpha value is -2.90. The van der Waals surface area contributed by atoms with Crippen LogP contribution in [0, 0.1) is 17.7 Å². The van der Waals surface area contributed by atoms with Gasteiger partial charge >= 0.3 is 0 Å². The van der Waals surface area contributed by atoms with Gasteiger partial charge in [0.1, 0.15) is 10.8 Å². The molecule has 1 fully saturated rings. The first-order valence-corrected chi connectivity index (χ1v) is 12.6. The molecule has 8 heteroatoms. The van der Waals surface area contributed by atoms with E-state index in [2.05, 4.69) is 29.2 Å². The summed E-state index contributed by atoms with van der Waals surface area (Å²) < 4.78 is 20.3. The molecule has 6 nitrogen and oxygen atoms in total. The zero-order chi connectivity index (χ0) is 24.8. The van der Waals surface area contributed by atoms with Gasteiger partial charge in [-0.15, -0.1) is 0 Å². The fourth-order valence-corrected chi connectivity index (χ4v) is 4.35. The topological polar surface area (TPSA) is 59.4 Å². The lowest BCUT2D eigenvalue weighted by Gasteiger charge is -2.28. The van der Waals surface area contributed by atoms with E-state index >= 15 is 0 Å². The molecule has 1 unspecified atom stereocenters. The second kappa shape index (κ2) is 11.7. The lowest BCUT2D eigenvalue weighted by atomic mass is 10.0. The van der Waals surface area contributed by atoms with E-state index in [9.17, 15) is 9.18 Å². The van der Waals surface area contributed by atoms with E-state index in [0.717, 1.165) is 43.8 Å². The van der Waals surface area contributed by atoms with Gasteiger partial charge in [-0.2, -0.15) is 9.78 Å². The number of nitrogens with one attached hydrogen (secondary N) is 1. The van der Waals surface area contributed by atoms with Crippen molar-refractivity contribution in [1.82, 2.24) is 9.78 Å². The first kappa shape index (κ1) is 25.2. The summed E-state index contributed by atoms with van der Waals surface area (Å²) in [5.74, 6) is 0.581. The molecule has 1 aliphatic heterocycles. The maximum Gasteiger partial charge on any atom is 0.292 e. The van der Waals surface area contributed by atoms with E-state index in [-0.39, 0.29) is 16.4 Å². The summed E-state index contributed by atoms with van der Waals surface area (Å²) >= 11 is 6.41. The van der Waals surface area contributed by atoms with Crippen LogP contribution in [0.15, 0.2) is 59.5 Å². The molecular weight excluding hydrogens is 467 g/mol. The van der Waals surface area contributed by atoms with Crippen molar-refractivity contribution < 1.29 is 9.13 Å². The van der Waals surface area contributed by atoms with Gasteiger partial charge in [-0.1, -0.05) is 31.9 Å². The van der Waals surface area contributed by atoms with Gasteiger partial charge in [0, 0.05) is 31.1 Å². The van der Waals surface area contributed by atoms with Crippen LogP contribution in [0.25, 0.3) is 5.69 Å². The second-order valence-electron chi connectivity index (χ2n) is 9.17. The van der Waals surface area contributed by atoms with Gasteiger partial charge in [-0.25, -0.2) is 4.39 Å². The number of aromatic nitrogens is 2. The average molecular weight is 499 g/mol.